The van der Waals surface area contributed by atoms with Crippen molar-refractivity contribution in [2.45, 2.75) is 31.9 Å². The van der Waals surface area contributed by atoms with Crippen LogP contribution in [0.5, 0.6) is 0 Å². The van der Waals surface area contributed by atoms with Crippen LogP contribution in [0.25, 0.3) is 0 Å². The van der Waals surface area contributed by atoms with E-state index in [1.165, 1.54) is 0 Å². The maximum atomic E-state index is 14.0. The van der Waals surface area contributed by atoms with E-state index in [1.807, 2.05) is 6.92 Å². The smallest absolute Gasteiger partial charge is 0.255 e. The van der Waals surface area contributed by atoms with Gasteiger partial charge in [-0.3, -0.25) is 9.78 Å². The lowest BCUT2D eigenvalue weighted by atomic mass is 9.90. The van der Waals surface area contributed by atoms with E-state index in [1.54, 1.807) is 29.4 Å². The lowest BCUT2D eigenvalue weighted by Crippen LogP contribution is -2.44. The van der Waals surface area contributed by atoms with E-state index in [0.29, 0.717) is 37.9 Å². The number of pyridine rings is 1. The summed E-state index contributed by atoms with van der Waals surface area (Å²) in [6.45, 7) is 2.86. The van der Waals surface area contributed by atoms with Crippen LogP contribution in [0, 0.1) is 0 Å². The molecule has 0 bridgehead atoms. The molecule has 1 aromatic rings. The van der Waals surface area contributed by atoms with E-state index >= 15 is 0 Å². The molecule has 0 aromatic carbocycles. The van der Waals surface area contributed by atoms with E-state index in [-0.39, 0.29) is 5.91 Å². The number of carbonyl (C=O) groups is 1. The van der Waals surface area contributed by atoms with Gasteiger partial charge in [-0.1, -0.05) is 6.92 Å². The molecule has 0 N–H and O–H groups in total. The highest BCUT2D eigenvalue weighted by atomic mass is 19.1. The predicted molar refractivity (Wildman–Crippen MR) is 63.5 cm³/mol. The Kier molecular flexibility index (Phi) is 3.41. The Labute approximate surface area is 101 Å². The fourth-order valence-corrected chi connectivity index (χ4v) is 2.14. The zero-order chi connectivity index (χ0) is 12.3. The third-order valence-electron chi connectivity index (χ3n) is 3.49. The minimum Gasteiger partial charge on any atom is -0.338 e. The van der Waals surface area contributed by atoms with Gasteiger partial charge in [0, 0.05) is 25.5 Å². The first kappa shape index (κ1) is 12.0. The summed E-state index contributed by atoms with van der Waals surface area (Å²) in [5, 5.41) is 0. The molecule has 0 aliphatic carbocycles. The average Bonchev–Trinajstić information content (AvgIpc) is 2.40. The molecule has 2 heterocycles. The van der Waals surface area contributed by atoms with Crippen molar-refractivity contribution in [3.8, 4) is 0 Å². The van der Waals surface area contributed by atoms with E-state index < -0.39 is 5.67 Å². The first-order chi connectivity index (χ1) is 8.14. The molecule has 0 unspecified atom stereocenters. The Morgan fingerprint density at radius 2 is 2.24 bits per heavy atom. The molecule has 3 nitrogen and oxygen atoms in total. The molecule has 1 aromatic heterocycles. The van der Waals surface area contributed by atoms with Crippen LogP contribution in [-0.4, -0.2) is 34.5 Å². The van der Waals surface area contributed by atoms with Gasteiger partial charge in [0.1, 0.15) is 5.67 Å². The van der Waals surface area contributed by atoms with Crippen molar-refractivity contribution >= 4 is 5.91 Å². The molecule has 1 amide bonds. The highest BCUT2D eigenvalue weighted by Gasteiger charge is 2.34. The molecule has 17 heavy (non-hydrogen) atoms. The van der Waals surface area contributed by atoms with Crippen molar-refractivity contribution in [3.63, 3.8) is 0 Å². The summed E-state index contributed by atoms with van der Waals surface area (Å²) in [7, 11) is 0. The lowest BCUT2D eigenvalue weighted by molar-refractivity contribution is 0.0419. The topological polar surface area (TPSA) is 33.2 Å². The highest BCUT2D eigenvalue weighted by Crippen LogP contribution is 2.30. The van der Waals surface area contributed by atoms with Crippen molar-refractivity contribution in [1.29, 1.82) is 0 Å². The summed E-state index contributed by atoms with van der Waals surface area (Å²) in [4.78, 5) is 17.7. The quantitative estimate of drug-likeness (QED) is 0.790. The third kappa shape index (κ3) is 2.62. The standard InChI is InChI=1S/C13H17FN2O/c1-2-13(14)5-8-16(9-6-13)12(17)11-4-3-7-15-10-11/h3-4,7,10H,2,5-6,8-9H2,1H3. The van der Waals surface area contributed by atoms with Crippen molar-refractivity contribution in [3.05, 3.63) is 30.1 Å². The van der Waals surface area contributed by atoms with Gasteiger partial charge in [-0.25, -0.2) is 4.39 Å². The molecular weight excluding hydrogens is 219 g/mol. The monoisotopic (exact) mass is 236 g/mol. The molecule has 0 atom stereocenters. The predicted octanol–water partition coefficient (Wildman–Crippen LogP) is 2.44. The fourth-order valence-electron chi connectivity index (χ4n) is 2.14. The van der Waals surface area contributed by atoms with Gasteiger partial charge < -0.3 is 4.90 Å². The summed E-state index contributed by atoms with van der Waals surface area (Å²) in [5.74, 6) is -0.0451. The second kappa shape index (κ2) is 4.82. The molecule has 0 radical (unpaired) electrons. The molecular formula is C13H17FN2O. The van der Waals surface area contributed by atoms with Crippen LogP contribution in [-0.2, 0) is 0 Å². The van der Waals surface area contributed by atoms with E-state index in [4.69, 9.17) is 0 Å². The summed E-state index contributed by atoms with van der Waals surface area (Å²) in [6, 6.07) is 3.48. The Morgan fingerprint density at radius 3 is 2.76 bits per heavy atom. The summed E-state index contributed by atoms with van der Waals surface area (Å²) >= 11 is 0. The number of piperidine rings is 1. The fraction of sp³-hybridized carbons (Fsp3) is 0.538. The maximum absolute atomic E-state index is 14.0. The van der Waals surface area contributed by atoms with Gasteiger partial charge >= 0.3 is 0 Å². The molecule has 2 rings (SSSR count). The molecule has 1 aliphatic rings. The summed E-state index contributed by atoms with van der Waals surface area (Å²) in [5.41, 5.74) is -0.499. The molecule has 1 aliphatic heterocycles. The van der Waals surface area contributed by atoms with Crippen LogP contribution < -0.4 is 0 Å². The van der Waals surface area contributed by atoms with Crippen LogP contribution in [0.1, 0.15) is 36.5 Å². The number of carbonyl (C=O) groups excluding carboxylic acids is 1. The number of amides is 1. The van der Waals surface area contributed by atoms with Gasteiger partial charge in [-0.15, -0.1) is 0 Å². The first-order valence-electron chi connectivity index (χ1n) is 6.03. The minimum atomic E-state index is -1.08. The summed E-state index contributed by atoms with van der Waals surface area (Å²) < 4.78 is 14.0. The molecule has 1 saturated heterocycles. The van der Waals surface area contributed by atoms with Crippen molar-refractivity contribution < 1.29 is 9.18 Å². The summed E-state index contributed by atoms with van der Waals surface area (Å²) in [6.07, 6.45) is 4.60. The van der Waals surface area contributed by atoms with Crippen LogP contribution in [0.15, 0.2) is 24.5 Å². The van der Waals surface area contributed by atoms with Crippen LogP contribution in [0.3, 0.4) is 0 Å². The highest BCUT2D eigenvalue weighted by molar-refractivity contribution is 5.93. The number of hydrogen-bond acceptors (Lipinski definition) is 2. The van der Waals surface area contributed by atoms with Gasteiger partial charge in [0.2, 0.25) is 0 Å². The number of rotatable bonds is 2. The van der Waals surface area contributed by atoms with Crippen LogP contribution >= 0.6 is 0 Å². The Hall–Kier alpha value is -1.45. The van der Waals surface area contributed by atoms with Gasteiger partial charge in [0.25, 0.3) is 5.91 Å². The first-order valence-corrected chi connectivity index (χ1v) is 6.03. The third-order valence-corrected chi connectivity index (χ3v) is 3.49. The SMILES string of the molecule is CCC1(F)CCN(C(=O)c2cccnc2)CC1. The van der Waals surface area contributed by atoms with Gasteiger partial charge in [0.15, 0.2) is 0 Å². The molecule has 92 valence electrons. The maximum Gasteiger partial charge on any atom is 0.255 e. The number of likely N-dealkylation sites (tertiary alicyclic amines) is 1. The number of halogens is 1. The number of aromatic nitrogens is 1. The second-order valence-electron chi connectivity index (χ2n) is 4.54. The Balaban J connectivity index is 2.00. The normalized spacial score (nSPS) is 19.1. The van der Waals surface area contributed by atoms with E-state index in [2.05, 4.69) is 4.98 Å². The largest absolute Gasteiger partial charge is 0.338 e. The van der Waals surface area contributed by atoms with Gasteiger partial charge in [-0.05, 0) is 31.4 Å². The van der Waals surface area contributed by atoms with Gasteiger partial charge in [-0.2, -0.15) is 0 Å². The van der Waals surface area contributed by atoms with Crippen molar-refractivity contribution in [2.24, 2.45) is 0 Å². The molecule has 0 saturated carbocycles. The van der Waals surface area contributed by atoms with Crippen LogP contribution in [0.4, 0.5) is 4.39 Å². The van der Waals surface area contributed by atoms with Crippen LogP contribution in [0.2, 0.25) is 0 Å². The van der Waals surface area contributed by atoms with E-state index in [0.717, 1.165) is 0 Å². The lowest BCUT2D eigenvalue weighted by Gasteiger charge is -2.35. The Morgan fingerprint density at radius 1 is 1.53 bits per heavy atom. The Bertz CT molecular complexity index is 386. The van der Waals surface area contributed by atoms with Crippen molar-refractivity contribution in [2.75, 3.05) is 13.1 Å². The van der Waals surface area contributed by atoms with Gasteiger partial charge in [0.05, 0.1) is 5.56 Å². The van der Waals surface area contributed by atoms with E-state index in [9.17, 15) is 9.18 Å². The second-order valence-corrected chi connectivity index (χ2v) is 4.54. The minimum absolute atomic E-state index is 0.0451. The molecule has 0 spiro atoms. The van der Waals surface area contributed by atoms with Crippen molar-refractivity contribution in [1.82, 2.24) is 9.88 Å². The molecule has 1 fully saturated rings. The molecule has 4 heteroatoms. The average molecular weight is 236 g/mol. The zero-order valence-corrected chi connectivity index (χ0v) is 10.0. The zero-order valence-electron chi connectivity index (χ0n) is 10.0. The number of alkyl halides is 1. The number of nitrogens with zero attached hydrogens (tertiary/aromatic N) is 2. The number of hydrogen-bond donors (Lipinski definition) is 0.